The van der Waals surface area contributed by atoms with Gasteiger partial charge in [-0.05, 0) is 46.1 Å². The first-order valence-corrected chi connectivity index (χ1v) is 7.29. The molecule has 20 heavy (non-hydrogen) atoms. The lowest BCUT2D eigenvalue weighted by Crippen LogP contribution is -2.37. The molecule has 0 aliphatic heterocycles. The Balaban J connectivity index is 2.02. The van der Waals surface area contributed by atoms with Gasteiger partial charge in [0.15, 0.2) is 0 Å². The van der Waals surface area contributed by atoms with Crippen molar-refractivity contribution in [3.63, 3.8) is 0 Å². The zero-order valence-electron chi connectivity index (χ0n) is 10.6. The van der Waals surface area contributed by atoms with Crippen LogP contribution in [0.1, 0.15) is 5.56 Å². The molecule has 1 atom stereocenters. The Bertz CT molecular complexity index is 604. The van der Waals surface area contributed by atoms with Gasteiger partial charge in [0.05, 0.1) is 11.7 Å². The number of rotatable bonds is 4. The maximum absolute atomic E-state index is 12.1. The Morgan fingerprint density at radius 1 is 1.25 bits per heavy atom. The molecular formula is C15H14BrClN2O. The highest BCUT2D eigenvalue weighted by Gasteiger charge is 2.15. The van der Waals surface area contributed by atoms with E-state index in [1.54, 1.807) is 18.2 Å². The van der Waals surface area contributed by atoms with E-state index in [9.17, 15) is 4.79 Å². The van der Waals surface area contributed by atoms with Crippen LogP contribution < -0.4 is 11.1 Å². The third kappa shape index (κ3) is 4.07. The number of carbonyl (C=O) groups excluding carboxylic acids is 1. The second-order valence-corrected chi connectivity index (χ2v) is 5.70. The molecule has 0 aromatic heterocycles. The summed E-state index contributed by atoms with van der Waals surface area (Å²) in [5.41, 5.74) is 7.57. The maximum atomic E-state index is 12.1. The van der Waals surface area contributed by atoms with E-state index in [0.717, 1.165) is 10.0 Å². The highest BCUT2D eigenvalue weighted by atomic mass is 79.9. The molecule has 0 saturated carbocycles. The molecule has 3 N–H and O–H groups in total. The maximum Gasteiger partial charge on any atom is 0.241 e. The third-order valence-corrected chi connectivity index (χ3v) is 3.75. The molecule has 2 aromatic carbocycles. The average molecular weight is 354 g/mol. The van der Waals surface area contributed by atoms with Crippen molar-refractivity contribution < 1.29 is 4.79 Å². The predicted octanol–water partition coefficient (Wildman–Crippen LogP) is 3.61. The molecule has 0 unspecified atom stereocenters. The van der Waals surface area contributed by atoms with Crippen molar-refractivity contribution in [3.8, 4) is 0 Å². The van der Waals surface area contributed by atoms with E-state index in [2.05, 4.69) is 21.2 Å². The molecule has 0 heterocycles. The first-order chi connectivity index (χ1) is 9.56. The van der Waals surface area contributed by atoms with Crippen LogP contribution in [0.3, 0.4) is 0 Å². The number of hydrogen-bond acceptors (Lipinski definition) is 2. The number of anilines is 1. The lowest BCUT2D eigenvalue weighted by Gasteiger charge is -2.13. The minimum absolute atomic E-state index is 0.239. The number of benzene rings is 2. The van der Waals surface area contributed by atoms with Crippen LogP contribution in [0, 0.1) is 0 Å². The Morgan fingerprint density at radius 3 is 2.65 bits per heavy atom. The smallest absolute Gasteiger partial charge is 0.241 e. The summed E-state index contributed by atoms with van der Waals surface area (Å²) < 4.78 is 0.766. The summed E-state index contributed by atoms with van der Waals surface area (Å²) in [6, 6.07) is 14.3. The van der Waals surface area contributed by atoms with E-state index in [4.69, 9.17) is 17.3 Å². The predicted molar refractivity (Wildman–Crippen MR) is 85.9 cm³/mol. The fourth-order valence-electron chi connectivity index (χ4n) is 1.78. The van der Waals surface area contributed by atoms with Crippen molar-refractivity contribution >= 4 is 39.1 Å². The van der Waals surface area contributed by atoms with Crippen LogP contribution in [-0.4, -0.2) is 11.9 Å². The molecule has 2 rings (SSSR count). The molecule has 1 amide bonds. The molecule has 0 bridgehead atoms. The second kappa shape index (κ2) is 6.88. The van der Waals surface area contributed by atoms with Gasteiger partial charge in [-0.25, -0.2) is 0 Å². The van der Waals surface area contributed by atoms with E-state index < -0.39 is 6.04 Å². The zero-order chi connectivity index (χ0) is 14.5. The van der Waals surface area contributed by atoms with Crippen LogP contribution in [0.4, 0.5) is 5.69 Å². The first-order valence-electron chi connectivity index (χ1n) is 6.11. The largest absolute Gasteiger partial charge is 0.324 e. The number of nitrogens with two attached hydrogens (primary N) is 1. The molecule has 0 radical (unpaired) electrons. The van der Waals surface area contributed by atoms with Gasteiger partial charge in [-0.2, -0.15) is 0 Å². The lowest BCUT2D eigenvalue weighted by molar-refractivity contribution is -0.117. The number of carbonyl (C=O) groups is 1. The van der Waals surface area contributed by atoms with Crippen molar-refractivity contribution in [2.75, 3.05) is 5.32 Å². The molecule has 0 aliphatic rings. The van der Waals surface area contributed by atoms with E-state index >= 15 is 0 Å². The average Bonchev–Trinajstić information content (AvgIpc) is 2.44. The molecule has 0 spiro atoms. The molecular weight excluding hydrogens is 340 g/mol. The molecule has 0 aliphatic carbocycles. The SMILES string of the molecule is N[C@@H](Cc1ccccc1)C(=O)Nc1cc(Cl)ccc1Br. The van der Waals surface area contributed by atoms with Crippen LogP contribution in [0.2, 0.25) is 5.02 Å². The van der Waals surface area contributed by atoms with Gasteiger partial charge >= 0.3 is 0 Å². The normalized spacial score (nSPS) is 11.9. The molecule has 2 aromatic rings. The van der Waals surface area contributed by atoms with E-state index in [1.807, 2.05) is 30.3 Å². The van der Waals surface area contributed by atoms with Crippen molar-refractivity contribution in [2.24, 2.45) is 5.73 Å². The van der Waals surface area contributed by atoms with Gasteiger partial charge in [0.1, 0.15) is 0 Å². The Morgan fingerprint density at radius 2 is 1.95 bits per heavy atom. The standard InChI is InChI=1S/C15H14BrClN2O/c16-12-7-6-11(17)9-14(12)19-15(20)13(18)8-10-4-2-1-3-5-10/h1-7,9,13H,8,18H2,(H,19,20)/t13-/m0/s1. The van der Waals surface area contributed by atoms with Gasteiger partial charge in [0, 0.05) is 9.50 Å². The topological polar surface area (TPSA) is 55.1 Å². The number of hydrogen-bond donors (Lipinski definition) is 2. The van der Waals surface area contributed by atoms with Gasteiger partial charge in [-0.1, -0.05) is 41.9 Å². The quantitative estimate of drug-likeness (QED) is 0.882. The van der Waals surface area contributed by atoms with Crippen LogP contribution in [0.25, 0.3) is 0 Å². The number of nitrogens with one attached hydrogen (secondary N) is 1. The summed E-state index contributed by atoms with van der Waals surface area (Å²) in [6.45, 7) is 0. The minimum atomic E-state index is -0.608. The monoisotopic (exact) mass is 352 g/mol. The van der Waals surface area contributed by atoms with Crippen LogP contribution in [0.5, 0.6) is 0 Å². The second-order valence-electron chi connectivity index (χ2n) is 4.41. The van der Waals surface area contributed by atoms with Gasteiger partial charge in [0.2, 0.25) is 5.91 Å². The Labute approximate surface area is 131 Å². The van der Waals surface area contributed by atoms with Crippen molar-refractivity contribution in [2.45, 2.75) is 12.5 Å². The summed E-state index contributed by atoms with van der Waals surface area (Å²) in [5.74, 6) is -0.239. The van der Waals surface area contributed by atoms with Gasteiger partial charge < -0.3 is 11.1 Å². The lowest BCUT2D eigenvalue weighted by atomic mass is 10.1. The molecule has 0 saturated heterocycles. The van der Waals surface area contributed by atoms with Crippen molar-refractivity contribution in [3.05, 3.63) is 63.6 Å². The Kier molecular flexibility index (Phi) is 5.17. The summed E-state index contributed by atoms with van der Waals surface area (Å²) in [4.78, 5) is 12.1. The number of amides is 1. The molecule has 5 heteroatoms. The minimum Gasteiger partial charge on any atom is -0.324 e. The first kappa shape index (κ1) is 15.0. The van der Waals surface area contributed by atoms with Gasteiger partial charge in [0.25, 0.3) is 0 Å². The highest BCUT2D eigenvalue weighted by Crippen LogP contribution is 2.26. The van der Waals surface area contributed by atoms with E-state index in [0.29, 0.717) is 17.1 Å². The summed E-state index contributed by atoms with van der Waals surface area (Å²) in [7, 11) is 0. The summed E-state index contributed by atoms with van der Waals surface area (Å²) >= 11 is 9.27. The fourth-order valence-corrected chi connectivity index (χ4v) is 2.30. The fraction of sp³-hybridized carbons (Fsp3) is 0.133. The highest BCUT2D eigenvalue weighted by molar-refractivity contribution is 9.10. The van der Waals surface area contributed by atoms with Crippen LogP contribution in [-0.2, 0) is 11.2 Å². The third-order valence-electron chi connectivity index (χ3n) is 2.82. The molecule has 104 valence electrons. The molecule has 0 fully saturated rings. The van der Waals surface area contributed by atoms with Crippen molar-refractivity contribution in [1.29, 1.82) is 0 Å². The van der Waals surface area contributed by atoms with E-state index in [1.165, 1.54) is 0 Å². The van der Waals surface area contributed by atoms with E-state index in [-0.39, 0.29) is 5.91 Å². The zero-order valence-corrected chi connectivity index (χ0v) is 13.0. The van der Waals surface area contributed by atoms with Crippen molar-refractivity contribution in [1.82, 2.24) is 0 Å². The molecule has 3 nitrogen and oxygen atoms in total. The van der Waals surface area contributed by atoms with Gasteiger partial charge in [-0.3, -0.25) is 4.79 Å². The van der Waals surface area contributed by atoms with Crippen LogP contribution in [0.15, 0.2) is 53.0 Å². The van der Waals surface area contributed by atoms with Crippen LogP contribution >= 0.6 is 27.5 Å². The summed E-state index contributed by atoms with van der Waals surface area (Å²) in [6.07, 6.45) is 0.491. The number of halogens is 2. The summed E-state index contributed by atoms with van der Waals surface area (Å²) in [5, 5.41) is 3.33. The van der Waals surface area contributed by atoms with Gasteiger partial charge in [-0.15, -0.1) is 0 Å². The Hall–Kier alpha value is -1.36.